The number of hydrogen-bond acceptors (Lipinski definition) is 2. The second-order valence-electron chi connectivity index (χ2n) is 13.2. The molecule has 268 valence electrons. The van der Waals surface area contributed by atoms with Crippen molar-refractivity contribution in [2.75, 3.05) is 13.2 Å². The molecule has 52 heavy (non-hydrogen) atoms. The van der Waals surface area contributed by atoms with Gasteiger partial charge in [0.1, 0.15) is 11.5 Å². The largest absolute Gasteiger partial charge is 0.684 e. The average Bonchev–Trinajstić information content (AvgIpc) is 3.13. The Bertz CT molecular complexity index is 1840. The molecule has 4 heteroatoms. The van der Waals surface area contributed by atoms with Crippen molar-refractivity contribution in [1.29, 1.82) is 0 Å². The Kier molecular flexibility index (Phi) is 17.4. The molecular weight excluding hydrogens is 801 g/mol. The standard InChI is InChI=1S/C34H38NO2.2C7H7.Hf/c1-23(2)27-14-9-15-28(24(3)4)33(27)35-20-11-21-37-32-19-18-25(5)22-31(32)30-17-10-16-29(34(30)36)26-12-7-6-8-13-26;2*1-7-5-3-2-4-6-7;/h6-10,12-19,22-24,36H,11,20-21H2,1-5H3;2*2-6H,1H2;/q3*-1;. The predicted molar refractivity (Wildman–Crippen MR) is 218 cm³/mol. The van der Waals surface area contributed by atoms with E-state index in [-0.39, 0.29) is 31.6 Å². The van der Waals surface area contributed by atoms with Crippen LogP contribution in [0.15, 0.2) is 146 Å². The molecule has 0 bridgehead atoms. The van der Waals surface area contributed by atoms with Crippen LogP contribution in [0.3, 0.4) is 0 Å². The molecule has 0 aliphatic carbocycles. The maximum absolute atomic E-state index is 11.2. The number of para-hydroxylation sites is 2. The third-order valence-electron chi connectivity index (χ3n) is 8.40. The van der Waals surface area contributed by atoms with E-state index >= 15 is 0 Å². The molecule has 0 amide bonds. The zero-order valence-corrected chi connectivity index (χ0v) is 34.9. The quantitative estimate of drug-likeness (QED) is 0.0847. The van der Waals surface area contributed by atoms with E-state index in [2.05, 4.69) is 78.8 Å². The zero-order valence-electron chi connectivity index (χ0n) is 31.3. The molecule has 6 aromatic rings. The molecule has 0 radical (unpaired) electrons. The van der Waals surface area contributed by atoms with Gasteiger partial charge in [-0.1, -0.05) is 129 Å². The van der Waals surface area contributed by atoms with Crippen LogP contribution in [0.25, 0.3) is 27.6 Å². The van der Waals surface area contributed by atoms with Crippen LogP contribution in [0.4, 0.5) is 5.69 Å². The Labute approximate surface area is 331 Å². The van der Waals surface area contributed by atoms with Crippen LogP contribution < -0.4 is 4.74 Å². The number of aryl methyl sites for hydroxylation is 1. The summed E-state index contributed by atoms with van der Waals surface area (Å²) in [4.78, 5) is 0. The molecule has 0 atom stereocenters. The molecule has 3 nitrogen and oxygen atoms in total. The predicted octanol–water partition coefficient (Wildman–Crippen LogP) is 13.5. The Morgan fingerprint density at radius 2 is 1.10 bits per heavy atom. The number of aromatic hydroxyl groups is 1. The Hall–Kier alpha value is -4.67. The summed E-state index contributed by atoms with van der Waals surface area (Å²) < 4.78 is 6.27. The van der Waals surface area contributed by atoms with Crippen LogP contribution in [0, 0.1) is 20.8 Å². The van der Waals surface area contributed by atoms with Gasteiger partial charge in [-0.15, -0.1) is 36.5 Å². The third kappa shape index (κ3) is 12.5. The second kappa shape index (κ2) is 21.6. The van der Waals surface area contributed by atoms with Gasteiger partial charge in [-0.25, -0.2) is 0 Å². The van der Waals surface area contributed by atoms with Crippen LogP contribution >= 0.6 is 0 Å². The minimum atomic E-state index is 0. The van der Waals surface area contributed by atoms with Gasteiger partial charge in [0, 0.05) is 42.5 Å². The SMILES string of the molecule is Cc1ccc(OCCC[N-]c2c(C(C)C)cccc2C(C)C)c(-c2cccc(-c3ccccc3)c2O)c1.[CH2-]c1ccccc1.[CH2-]c1ccccc1.[Hf]. The van der Waals surface area contributed by atoms with E-state index in [9.17, 15) is 5.11 Å². The molecule has 0 aliphatic rings. The van der Waals surface area contributed by atoms with Gasteiger partial charge < -0.3 is 15.2 Å². The van der Waals surface area contributed by atoms with E-state index in [4.69, 9.17) is 10.1 Å². The monoisotopic (exact) mass is 854 g/mol. The van der Waals surface area contributed by atoms with Gasteiger partial charge in [-0.3, -0.25) is 0 Å². The summed E-state index contributed by atoms with van der Waals surface area (Å²) in [6, 6.07) is 48.3. The Morgan fingerprint density at radius 3 is 1.60 bits per heavy atom. The van der Waals surface area contributed by atoms with Gasteiger partial charge in [-0.05, 0) is 42.9 Å². The summed E-state index contributed by atoms with van der Waals surface area (Å²) in [5.41, 5.74) is 10.5. The minimum Gasteiger partial charge on any atom is -0.684 e. The van der Waals surface area contributed by atoms with Gasteiger partial charge in [0.25, 0.3) is 0 Å². The molecule has 0 heterocycles. The summed E-state index contributed by atoms with van der Waals surface area (Å²) in [6.07, 6.45) is 0.813. The fourth-order valence-corrected chi connectivity index (χ4v) is 5.68. The molecule has 0 fully saturated rings. The summed E-state index contributed by atoms with van der Waals surface area (Å²) in [5.74, 6) is 1.91. The zero-order chi connectivity index (χ0) is 36.6. The maximum atomic E-state index is 11.2. The molecule has 6 rings (SSSR count). The number of nitrogens with zero attached hydrogens (tertiary/aromatic N) is 1. The number of benzene rings is 6. The molecule has 0 aromatic heterocycles. The van der Waals surface area contributed by atoms with Crippen molar-refractivity contribution in [3.05, 3.63) is 193 Å². The normalized spacial score (nSPS) is 10.3. The topological polar surface area (TPSA) is 43.6 Å². The number of hydrogen-bond donors (Lipinski definition) is 1. The van der Waals surface area contributed by atoms with Crippen molar-refractivity contribution in [1.82, 2.24) is 0 Å². The summed E-state index contributed by atoms with van der Waals surface area (Å²) >= 11 is 0. The van der Waals surface area contributed by atoms with Crippen molar-refractivity contribution in [2.45, 2.75) is 52.9 Å². The number of phenols is 1. The molecule has 0 saturated heterocycles. The van der Waals surface area contributed by atoms with Crippen LogP contribution in [0.2, 0.25) is 0 Å². The van der Waals surface area contributed by atoms with E-state index in [0.717, 1.165) is 56.8 Å². The van der Waals surface area contributed by atoms with Gasteiger partial charge >= 0.3 is 0 Å². The molecule has 1 N–H and O–H groups in total. The molecule has 0 aliphatic heterocycles. The van der Waals surface area contributed by atoms with Crippen molar-refractivity contribution >= 4 is 5.69 Å². The first-order valence-electron chi connectivity index (χ1n) is 17.8. The minimum absolute atomic E-state index is 0. The maximum Gasteiger partial charge on any atom is 0.131 e. The molecular formula is C48H52HfNO2-3. The smallest absolute Gasteiger partial charge is 0.131 e. The van der Waals surface area contributed by atoms with Gasteiger partial charge in [0.15, 0.2) is 0 Å². The van der Waals surface area contributed by atoms with E-state index in [1.807, 2.05) is 115 Å². The summed E-state index contributed by atoms with van der Waals surface area (Å²) in [7, 11) is 0. The first-order valence-corrected chi connectivity index (χ1v) is 17.8. The third-order valence-corrected chi connectivity index (χ3v) is 8.40. The number of phenolic OH excluding ortho intramolecular Hbond substituents is 1. The van der Waals surface area contributed by atoms with Gasteiger partial charge in [-0.2, -0.15) is 49.2 Å². The van der Waals surface area contributed by atoms with Crippen LogP contribution in [-0.4, -0.2) is 18.3 Å². The van der Waals surface area contributed by atoms with Crippen LogP contribution in [-0.2, 0) is 25.8 Å². The van der Waals surface area contributed by atoms with Gasteiger partial charge in [0.05, 0.1) is 6.61 Å². The fourth-order valence-electron chi connectivity index (χ4n) is 5.68. The van der Waals surface area contributed by atoms with E-state index in [1.54, 1.807) is 0 Å². The number of rotatable bonds is 10. The fraction of sp³-hybridized carbons (Fsp3) is 0.208. The first-order chi connectivity index (χ1) is 24.7. The summed E-state index contributed by atoms with van der Waals surface area (Å²) in [5, 5.41) is 16.2. The molecule has 0 saturated carbocycles. The summed E-state index contributed by atoms with van der Waals surface area (Å²) in [6.45, 7) is 19.7. The van der Waals surface area contributed by atoms with Crippen molar-refractivity contribution in [2.24, 2.45) is 0 Å². The molecule has 6 aromatic carbocycles. The van der Waals surface area contributed by atoms with Crippen molar-refractivity contribution in [3.8, 4) is 33.8 Å². The first kappa shape index (κ1) is 41.7. The molecule has 0 unspecified atom stereocenters. The number of ether oxygens (including phenoxy) is 1. The van der Waals surface area contributed by atoms with E-state index < -0.39 is 0 Å². The Morgan fingerprint density at radius 1 is 0.596 bits per heavy atom. The van der Waals surface area contributed by atoms with E-state index in [1.165, 1.54) is 11.1 Å². The van der Waals surface area contributed by atoms with Crippen LogP contribution in [0.1, 0.15) is 73.8 Å². The van der Waals surface area contributed by atoms with E-state index in [0.29, 0.717) is 25.0 Å². The average molecular weight is 853 g/mol. The van der Waals surface area contributed by atoms with Gasteiger partial charge in [0.2, 0.25) is 0 Å². The van der Waals surface area contributed by atoms with Crippen molar-refractivity contribution < 1.29 is 35.7 Å². The van der Waals surface area contributed by atoms with Crippen LogP contribution in [0.5, 0.6) is 11.5 Å². The second-order valence-corrected chi connectivity index (χ2v) is 13.2. The molecule has 0 spiro atoms. The Balaban J connectivity index is 0.000000402. The van der Waals surface area contributed by atoms with Crippen molar-refractivity contribution in [3.63, 3.8) is 0 Å².